The highest BCUT2D eigenvalue weighted by Gasteiger charge is 2.23. The van der Waals surface area contributed by atoms with Gasteiger partial charge in [0.2, 0.25) is 0 Å². The molecule has 0 aliphatic carbocycles. The SMILES string of the molecule is CCNC(=O)NC(=O)COC(=O)[C@H](CCSC)NC(=O)c1ccc(Cl)cc1. The van der Waals surface area contributed by atoms with Gasteiger partial charge in [0.05, 0.1) is 0 Å². The van der Waals surface area contributed by atoms with Crippen molar-refractivity contribution in [3.8, 4) is 0 Å². The van der Waals surface area contributed by atoms with Crippen LogP contribution in [-0.2, 0) is 14.3 Å². The fraction of sp³-hybridized carbons (Fsp3) is 0.412. The second-order valence-corrected chi connectivity index (χ2v) is 6.75. The predicted octanol–water partition coefficient (Wildman–Crippen LogP) is 1.58. The Kier molecular flexibility index (Phi) is 10.3. The standard InChI is InChI=1S/C17H22ClN3O5S/c1-3-19-17(25)21-14(22)10-26-16(24)13(8-9-27-2)20-15(23)11-4-6-12(18)7-5-11/h4-7,13H,3,8-10H2,1-2H3,(H,20,23)(H2,19,21,22,25)/t13-/m0/s1. The van der Waals surface area contributed by atoms with E-state index in [9.17, 15) is 19.2 Å². The van der Waals surface area contributed by atoms with Gasteiger partial charge >= 0.3 is 12.0 Å². The third-order valence-electron chi connectivity index (χ3n) is 3.24. The molecular formula is C17H22ClN3O5S. The van der Waals surface area contributed by atoms with E-state index in [0.717, 1.165) is 0 Å². The van der Waals surface area contributed by atoms with E-state index >= 15 is 0 Å². The van der Waals surface area contributed by atoms with Crippen molar-refractivity contribution in [1.29, 1.82) is 0 Å². The van der Waals surface area contributed by atoms with Crippen molar-refractivity contribution in [3.05, 3.63) is 34.9 Å². The van der Waals surface area contributed by atoms with E-state index < -0.39 is 36.5 Å². The zero-order valence-corrected chi connectivity index (χ0v) is 16.6. The van der Waals surface area contributed by atoms with Gasteiger partial charge in [-0.2, -0.15) is 11.8 Å². The third kappa shape index (κ3) is 8.78. The lowest BCUT2D eigenvalue weighted by Crippen LogP contribution is -2.45. The van der Waals surface area contributed by atoms with Crippen molar-refractivity contribution >= 4 is 47.2 Å². The van der Waals surface area contributed by atoms with Crippen LogP contribution in [0.4, 0.5) is 4.79 Å². The van der Waals surface area contributed by atoms with E-state index in [1.807, 2.05) is 11.6 Å². The number of benzene rings is 1. The average Bonchev–Trinajstić information content (AvgIpc) is 2.63. The minimum Gasteiger partial charge on any atom is -0.454 e. The molecule has 0 heterocycles. The second kappa shape index (κ2) is 12.2. The molecule has 1 aromatic rings. The molecule has 0 aromatic heterocycles. The summed E-state index contributed by atoms with van der Waals surface area (Å²) >= 11 is 7.29. The number of carbonyl (C=O) groups excluding carboxylic acids is 4. The van der Waals surface area contributed by atoms with Crippen LogP contribution in [0.3, 0.4) is 0 Å². The van der Waals surface area contributed by atoms with Crippen molar-refractivity contribution in [1.82, 2.24) is 16.0 Å². The van der Waals surface area contributed by atoms with E-state index in [4.69, 9.17) is 16.3 Å². The van der Waals surface area contributed by atoms with Crippen LogP contribution in [0.15, 0.2) is 24.3 Å². The molecule has 27 heavy (non-hydrogen) atoms. The highest BCUT2D eigenvalue weighted by atomic mass is 35.5. The first-order chi connectivity index (χ1) is 12.9. The molecule has 0 spiro atoms. The molecule has 8 nitrogen and oxygen atoms in total. The van der Waals surface area contributed by atoms with E-state index in [1.54, 1.807) is 19.1 Å². The van der Waals surface area contributed by atoms with E-state index in [0.29, 0.717) is 29.3 Å². The van der Waals surface area contributed by atoms with Gasteiger partial charge in [0, 0.05) is 17.1 Å². The number of halogens is 1. The number of rotatable bonds is 9. The van der Waals surface area contributed by atoms with E-state index in [2.05, 4.69) is 10.6 Å². The van der Waals surface area contributed by atoms with Gasteiger partial charge in [-0.15, -0.1) is 0 Å². The number of imide groups is 1. The molecule has 10 heteroatoms. The number of thioether (sulfide) groups is 1. The first-order valence-electron chi connectivity index (χ1n) is 8.17. The Bertz CT molecular complexity index is 669. The first kappa shape index (κ1) is 22.8. The van der Waals surface area contributed by atoms with Crippen LogP contribution in [0.1, 0.15) is 23.7 Å². The van der Waals surface area contributed by atoms with E-state index in [1.165, 1.54) is 23.9 Å². The molecule has 0 saturated heterocycles. The molecule has 4 amide bonds. The number of hydrogen-bond donors (Lipinski definition) is 3. The Balaban J connectivity index is 2.62. The van der Waals surface area contributed by atoms with Crippen LogP contribution in [-0.4, -0.2) is 55.0 Å². The summed E-state index contributed by atoms with van der Waals surface area (Å²) in [7, 11) is 0. The maximum Gasteiger partial charge on any atom is 0.329 e. The summed E-state index contributed by atoms with van der Waals surface area (Å²) in [4.78, 5) is 47.4. The lowest BCUT2D eigenvalue weighted by molar-refractivity contribution is -0.150. The molecule has 0 saturated carbocycles. The van der Waals surface area contributed by atoms with Gasteiger partial charge < -0.3 is 15.4 Å². The lowest BCUT2D eigenvalue weighted by atomic mass is 10.1. The van der Waals surface area contributed by atoms with Gasteiger partial charge in [-0.1, -0.05) is 11.6 Å². The maximum atomic E-state index is 12.3. The zero-order valence-electron chi connectivity index (χ0n) is 15.0. The minimum absolute atomic E-state index is 0.331. The number of esters is 1. The summed E-state index contributed by atoms with van der Waals surface area (Å²) in [5, 5.41) is 7.48. The fourth-order valence-corrected chi connectivity index (χ4v) is 2.53. The van der Waals surface area contributed by atoms with Crippen LogP contribution in [0.5, 0.6) is 0 Å². The van der Waals surface area contributed by atoms with Gasteiger partial charge in [-0.25, -0.2) is 9.59 Å². The van der Waals surface area contributed by atoms with Gasteiger partial charge in [-0.05, 0) is 49.6 Å². The average molecular weight is 416 g/mol. The zero-order chi connectivity index (χ0) is 20.2. The highest BCUT2D eigenvalue weighted by molar-refractivity contribution is 7.98. The molecule has 148 valence electrons. The quantitative estimate of drug-likeness (QED) is 0.528. The number of urea groups is 1. The Morgan fingerprint density at radius 1 is 1.19 bits per heavy atom. The van der Waals surface area contributed by atoms with Crippen LogP contribution in [0, 0.1) is 0 Å². The van der Waals surface area contributed by atoms with E-state index in [-0.39, 0.29) is 0 Å². The monoisotopic (exact) mass is 415 g/mol. The Hall–Kier alpha value is -2.26. The number of carbonyl (C=O) groups is 4. The molecule has 0 bridgehead atoms. The molecule has 0 fully saturated rings. The summed E-state index contributed by atoms with van der Waals surface area (Å²) < 4.78 is 4.92. The molecule has 0 aliphatic rings. The Morgan fingerprint density at radius 3 is 2.44 bits per heavy atom. The highest BCUT2D eigenvalue weighted by Crippen LogP contribution is 2.10. The van der Waals surface area contributed by atoms with Crippen molar-refractivity contribution in [3.63, 3.8) is 0 Å². The molecule has 0 aliphatic heterocycles. The molecule has 0 radical (unpaired) electrons. The number of ether oxygens (including phenoxy) is 1. The normalized spacial score (nSPS) is 11.2. The van der Waals surface area contributed by atoms with Crippen molar-refractivity contribution < 1.29 is 23.9 Å². The topological polar surface area (TPSA) is 114 Å². The van der Waals surface area contributed by atoms with Crippen LogP contribution in [0.2, 0.25) is 5.02 Å². The van der Waals surface area contributed by atoms with Gasteiger partial charge in [0.25, 0.3) is 11.8 Å². The van der Waals surface area contributed by atoms with Crippen LogP contribution < -0.4 is 16.0 Å². The number of hydrogen-bond acceptors (Lipinski definition) is 6. The fourth-order valence-electron chi connectivity index (χ4n) is 1.93. The van der Waals surface area contributed by atoms with Gasteiger partial charge in [-0.3, -0.25) is 14.9 Å². The van der Waals surface area contributed by atoms with Gasteiger partial charge in [0.1, 0.15) is 6.04 Å². The van der Waals surface area contributed by atoms with Gasteiger partial charge in [0.15, 0.2) is 6.61 Å². The Morgan fingerprint density at radius 2 is 1.85 bits per heavy atom. The lowest BCUT2D eigenvalue weighted by Gasteiger charge is -2.17. The molecule has 1 rings (SSSR count). The number of nitrogens with one attached hydrogen (secondary N) is 3. The van der Waals surface area contributed by atoms with Crippen molar-refractivity contribution in [2.75, 3.05) is 25.2 Å². The smallest absolute Gasteiger partial charge is 0.329 e. The summed E-state index contributed by atoms with van der Waals surface area (Å²) in [5.41, 5.74) is 0.343. The summed E-state index contributed by atoms with van der Waals surface area (Å²) in [5.74, 6) is -1.37. The second-order valence-electron chi connectivity index (χ2n) is 5.33. The van der Waals surface area contributed by atoms with Crippen molar-refractivity contribution in [2.45, 2.75) is 19.4 Å². The predicted molar refractivity (Wildman–Crippen MR) is 104 cm³/mol. The summed E-state index contributed by atoms with van der Waals surface area (Å²) in [6.45, 7) is 1.43. The largest absolute Gasteiger partial charge is 0.454 e. The Labute approximate surface area is 166 Å². The molecule has 3 N–H and O–H groups in total. The van der Waals surface area contributed by atoms with Crippen molar-refractivity contribution in [2.24, 2.45) is 0 Å². The van der Waals surface area contributed by atoms with Crippen LogP contribution >= 0.6 is 23.4 Å². The first-order valence-corrected chi connectivity index (χ1v) is 9.94. The van der Waals surface area contributed by atoms with Crippen LogP contribution in [0.25, 0.3) is 0 Å². The molecule has 1 atom stereocenters. The molecular weight excluding hydrogens is 394 g/mol. The molecule has 0 unspecified atom stereocenters. The third-order valence-corrected chi connectivity index (χ3v) is 4.14. The summed E-state index contributed by atoms with van der Waals surface area (Å²) in [6, 6.07) is 4.61. The molecule has 1 aromatic carbocycles. The number of amides is 4. The minimum atomic E-state index is -0.919. The summed E-state index contributed by atoms with van der Waals surface area (Å²) in [6.07, 6.45) is 2.19. The maximum absolute atomic E-state index is 12.3.